The Morgan fingerprint density at radius 2 is 1.61 bits per heavy atom. The second kappa shape index (κ2) is 5.63. The predicted octanol–water partition coefficient (Wildman–Crippen LogP) is 3.91. The first-order valence-corrected chi connectivity index (χ1v) is 6.28. The fourth-order valence-corrected chi connectivity index (χ4v) is 2.14. The second-order valence-electron chi connectivity index (χ2n) is 4.76. The van der Waals surface area contributed by atoms with Crippen LogP contribution in [0.3, 0.4) is 0 Å². The van der Waals surface area contributed by atoms with Gasteiger partial charge in [0.05, 0.1) is 0 Å². The van der Waals surface area contributed by atoms with Gasteiger partial charge in [0.25, 0.3) is 0 Å². The van der Waals surface area contributed by atoms with Crippen LogP contribution in [0.25, 0.3) is 0 Å². The quantitative estimate of drug-likeness (QED) is 0.789. The molecule has 1 atom stereocenters. The van der Waals surface area contributed by atoms with Gasteiger partial charge in [0, 0.05) is 5.92 Å². The number of hydrogen-bond acceptors (Lipinski definition) is 1. The molecule has 92 valence electrons. The molecule has 0 aliphatic heterocycles. The van der Waals surface area contributed by atoms with Crippen molar-refractivity contribution in [1.29, 1.82) is 0 Å². The smallest absolute Gasteiger partial charge is 0.137 e. The highest BCUT2D eigenvalue weighted by atomic mass is 16.1. The molecular weight excluding hydrogens is 220 g/mol. The number of carbonyl (C=O) groups is 1. The molecule has 0 aliphatic carbocycles. The molecule has 0 aliphatic rings. The largest absolute Gasteiger partial charge is 0.299 e. The molecular formula is C17H18O. The average Bonchev–Trinajstić information content (AvgIpc) is 2.38. The van der Waals surface area contributed by atoms with E-state index in [1.807, 2.05) is 30.3 Å². The van der Waals surface area contributed by atoms with Crippen LogP contribution in [-0.2, 0) is 11.2 Å². The minimum atomic E-state index is -0.0334. The van der Waals surface area contributed by atoms with E-state index >= 15 is 0 Å². The Morgan fingerprint density at radius 1 is 1.00 bits per heavy atom. The van der Waals surface area contributed by atoms with E-state index in [1.165, 1.54) is 11.1 Å². The van der Waals surface area contributed by atoms with E-state index in [0.29, 0.717) is 0 Å². The zero-order valence-corrected chi connectivity index (χ0v) is 10.9. The highest BCUT2D eigenvalue weighted by Crippen LogP contribution is 2.22. The van der Waals surface area contributed by atoms with E-state index in [9.17, 15) is 4.79 Å². The van der Waals surface area contributed by atoms with Crippen LogP contribution >= 0.6 is 0 Å². The van der Waals surface area contributed by atoms with Gasteiger partial charge in [-0.15, -0.1) is 0 Å². The Hall–Kier alpha value is -1.89. The number of aryl methyl sites for hydroxylation is 1. The van der Waals surface area contributed by atoms with Crippen molar-refractivity contribution in [1.82, 2.24) is 0 Å². The van der Waals surface area contributed by atoms with Crippen LogP contribution in [0.15, 0.2) is 54.6 Å². The van der Waals surface area contributed by atoms with Gasteiger partial charge in [-0.05, 0) is 31.4 Å². The van der Waals surface area contributed by atoms with Crippen LogP contribution in [0, 0.1) is 6.92 Å². The van der Waals surface area contributed by atoms with Crippen LogP contribution in [-0.4, -0.2) is 5.78 Å². The van der Waals surface area contributed by atoms with E-state index in [1.54, 1.807) is 6.92 Å². The molecule has 2 aromatic rings. The molecule has 0 bridgehead atoms. The zero-order valence-electron chi connectivity index (χ0n) is 10.9. The summed E-state index contributed by atoms with van der Waals surface area (Å²) in [5, 5.41) is 0. The van der Waals surface area contributed by atoms with Crippen molar-refractivity contribution in [3.63, 3.8) is 0 Å². The third-order valence-corrected chi connectivity index (χ3v) is 3.25. The molecule has 1 heteroatoms. The Balaban J connectivity index is 2.22. The number of benzene rings is 2. The summed E-state index contributed by atoms with van der Waals surface area (Å²) in [6.07, 6.45) is 0.777. The number of ketones is 1. The van der Waals surface area contributed by atoms with E-state index in [2.05, 4.69) is 31.2 Å². The molecule has 0 aromatic heterocycles. The number of carbonyl (C=O) groups excluding carboxylic acids is 1. The van der Waals surface area contributed by atoms with E-state index in [0.717, 1.165) is 12.0 Å². The third-order valence-electron chi connectivity index (χ3n) is 3.25. The molecule has 0 unspecified atom stereocenters. The first kappa shape index (κ1) is 12.6. The predicted molar refractivity (Wildman–Crippen MR) is 74.7 cm³/mol. The molecule has 18 heavy (non-hydrogen) atoms. The minimum Gasteiger partial charge on any atom is -0.299 e. The summed E-state index contributed by atoms with van der Waals surface area (Å²) in [6, 6.07) is 18.4. The van der Waals surface area contributed by atoms with Crippen LogP contribution in [0.2, 0.25) is 0 Å². The van der Waals surface area contributed by atoms with Gasteiger partial charge in [0.1, 0.15) is 5.78 Å². The maximum absolute atomic E-state index is 11.8. The lowest BCUT2D eigenvalue weighted by Crippen LogP contribution is -2.11. The first-order valence-electron chi connectivity index (χ1n) is 6.28. The van der Waals surface area contributed by atoms with Crippen molar-refractivity contribution < 1.29 is 4.79 Å². The Labute approximate surface area is 108 Å². The monoisotopic (exact) mass is 238 g/mol. The summed E-state index contributed by atoms with van der Waals surface area (Å²) in [7, 11) is 0. The molecule has 2 rings (SSSR count). The van der Waals surface area contributed by atoms with Crippen LogP contribution in [0.4, 0.5) is 0 Å². The van der Waals surface area contributed by atoms with Gasteiger partial charge in [0.15, 0.2) is 0 Å². The lowest BCUT2D eigenvalue weighted by atomic mass is 9.89. The topological polar surface area (TPSA) is 17.1 Å². The molecule has 0 saturated carbocycles. The summed E-state index contributed by atoms with van der Waals surface area (Å²) < 4.78 is 0. The fraction of sp³-hybridized carbons (Fsp3) is 0.235. The summed E-state index contributed by atoms with van der Waals surface area (Å²) in [4.78, 5) is 11.8. The fourth-order valence-electron chi connectivity index (χ4n) is 2.14. The summed E-state index contributed by atoms with van der Waals surface area (Å²) >= 11 is 0. The van der Waals surface area contributed by atoms with Crippen molar-refractivity contribution in [3.8, 4) is 0 Å². The van der Waals surface area contributed by atoms with Gasteiger partial charge in [-0.1, -0.05) is 60.2 Å². The van der Waals surface area contributed by atoms with Crippen molar-refractivity contribution in [2.24, 2.45) is 0 Å². The number of rotatable bonds is 4. The highest BCUT2D eigenvalue weighted by Gasteiger charge is 2.16. The molecule has 0 N–H and O–H groups in total. The van der Waals surface area contributed by atoms with Gasteiger partial charge in [0.2, 0.25) is 0 Å². The molecule has 0 fully saturated rings. The molecule has 0 amide bonds. The van der Waals surface area contributed by atoms with Gasteiger partial charge < -0.3 is 0 Å². The van der Waals surface area contributed by atoms with Crippen LogP contribution in [0.1, 0.15) is 29.5 Å². The first-order chi connectivity index (χ1) is 8.66. The maximum Gasteiger partial charge on any atom is 0.137 e. The normalized spacial score (nSPS) is 12.1. The van der Waals surface area contributed by atoms with Crippen molar-refractivity contribution in [2.75, 3.05) is 0 Å². The number of hydrogen-bond donors (Lipinski definition) is 0. The molecule has 0 heterocycles. The molecule has 0 saturated heterocycles. The lowest BCUT2D eigenvalue weighted by molar-refractivity contribution is -0.118. The van der Waals surface area contributed by atoms with E-state index < -0.39 is 0 Å². The summed E-state index contributed by atoms with van der Waals surface area (Å²) in [5.74, 6) is 0.190. The van der Waals surface area contributed by atoms with Crippen molar-refractivity contribution >= 4 is 5.78 Å². The van der Waals surface area contributed by atoms with Crippen LogP contribution < -0.4 is 0 Å². The summed E-state index contributed by atoms with van der Waals surface area (Å²) in [5.41, 5.74) is 3.56. The highest BCUT2D eigenvalue weighted by molar-refractivity contribution is 5.83. The third kappa shape index (κ3) is 3.07. The van der Waals surface area contributed by atoms with Crippen molar-refractivity contribution in [2.45, 2.75) is 26.2 Å². The molecule has 1 nitrogen and oxygen atoms in total. The Morgan fingerprint density at radius 3 is 2.17 bits per heavy atom. The Bertz CT molecular complexity index is 511. The maximum atomic E-state index is 11.8. The second-order valence-corrected chi connectivity index (χ2v) is 4.76. The minimum absolute atomic E-state index is 0.0334. The average molecular weight is 238 g/mol. The van der Waals surface area contributed by atoms with E-state index in [4.69, 9.17) is 0 Å². The van der Waals surface area contributed by atoms with Crippen molar-refractivity contribution in [3.05, 3.63) is 71.3 Å². The zero-order chi connectivity index (χ0) is 13.0. The van der Waals surface area contributed by atoms with E-state index in [-0.39, 0.29) is 11.7 Å². The van der Waals surface area contributed by atoms with Crippen LogP contribution in [0.5, 0.6) is 0 Å². The molecule has 2 aromatic carbocycles. The molecule has 0 radical (unpaired) electrons. The summed E-state index contributed by atoms with van der Waals surface area (Å²) in [6.45, 7) is 3.75. The van der Waals surface area contributed by atoms with Gasteiger partial charge in [-0.3, -0.25) is 4.79 Å². The van der Waals surface area contributed by atoms with Gasteiger partial charge >= 0.3 is 0 Å². The van der Waals surface area contributed by atoms with Gasteiger partial charge in [-0.2, -0.15) is 0 Å². The van der Waals surface area contributed by atoms with Gasteiger partial charge in [-0.25, -0.2) is 0 Å². The lowest BCUT2D eigenvalue weighted by Gasteiger charge is -2.14. The SMILES string of the molecule is CC(=O)[C@@H](Cc1ccc(C)cc1)c1ccccc1. The molecule has 0 spiro atoms. The standard InChI is InChI=1S/C17H18O/c1-13-8-10-15(11-9-13)12-17(14(2)18)16-6-4-3-5-7-16/h3-11,17H,12H2,1-2H3/t17-/m1/s1. The number of Topliss-reactive ketones (excluding diaryl/α,β-unsaturated/α-hetero) is 1. The Kier molecular flexibility index (Phi) is 3.93.